The van der Waals surface area contributed by atoms with Crippen LogP contribution < -0.4 is 11.2 Å². The highest BCUT2D eigenvalue weighted by Crippen LogP contribution is 2.38. The van der Waals surface area contributed by atoms with E-state index in [4.69, 9.17) is 14.5 Å². The number of hydrogen-bond donors (Lipinski definition) is 5. The molecule has 21 heavy (non-hydrogen) atoms. The van der Waals surface area contributed by atoms with Crippen LogP contribution >= 0.6 is 7.60 Å². The molecule has 1 saturated heterocycles. The highest BCUT2D eigenvalue weighted by Gasteiger charge is 2.43. The van der Waals surface area contributed by atoms with Crippen LogP contribution in [0.3, 0.4) is 0 Å². The van der Waals surface area contributed by atoms with E-state index in [0.29, 0.717) is 10.5 Å². The quantitative estimate of drug-likeness (QED) is 0.369. The first-order valence-corrected chi connectivity index (χ1v) is 7.31. The summed E-state index contributed by atoms with van der Waals surface area (Å²) in [7, 11) is -4.46. The average molecular weight is 321 g/mol. The lowest BCUT2D eigenvalue weighted by Gasteiger charge is -2.14. The SMILES string of the molecule is O=c1cnn([C@@H]2O[C@H](C=CP(=O)(O)O)[C@@H](O)[C@H]2O)c(=O)[nH]1. The molecule has 12 heteroatoms. The molecule has 0 aromatic carbocycles. The Balaban J connectivity index is 2.28. The Morgan fingerprint density at radius 3 is 2.57 bits per heavy atom. The highest BCUT2D eigenvalue weighted by atomic mass is 31.2. The second-order valence-electron chi connectivity index (χ2n) is 4.29. The third-order valence-electron chi connectivity index (χ3n) is 2.72. The third-order valence-corrected chi connectivity index (χ3v) is 3.28. The maximum absolute atomic E-state index is 11.5. The monoisotopic (exact) mass is 321 g/mol. The molecule has 1 aromatic heterocycles. The van der Waals surface area contributed by atoms with E-state index in [9.17, 15) is 24.4 Å². The van der Waals surface area contributed by atoms with Gasteiger partial charge < -0.3 is 24.7 Å². The summed E-state index contributed by atoms with van der Waals surface area (Å²) in [5.41, 5.74) is -1.71. The van der Waals surface area contributed by atoms with Crippen molar-refractivity contribution in [1.29, 1.82) is 0 Å². The fourth-order valence-electron chi connectivity index (χ4n) is 1.79. The summed E-state index contributed by atoms with van der Waals surface area (Å²) in [6, 6.07) is 0. The van der Waals surface area contributed by atoms with E-state index >= 15 is 0 Å². The Labute approximate surface area is 116 Å². The largest absolute Gasteiger partial charge is 0.387 e. The molecule has 5 N–H and O–H groups in total. The first-order valence-electron chi connectivity index (χ1n) is 5.63. The third kappa shape index (κ3) is 3.53. The normalized spacial score (nSPS) is 30.1. The minimum Gasteiger partial charge on any atom is -0.387 e. The molecular weight excluding hydrogens is 309 g/mol. The molecule has 0 spiro atoms. The standard InChI is InChI=1S/C9H12N3O8P/c13-5-3-10-12(9(16)11-5)8-7(15)6(14)4(20-8)1-2-21(17,18)19/h1-4,6-8,14-15H,(H,11,13,16)(H2,17,18,19)/t4-,6-,7-,8-/m1/s1. The molecule has 2 heterocycles. The summed E-state index contributed by atoms with van der Waals surface area (Å²) in [4.78, 5) is 41.7. The zero-order valence-electron chi connectivity index (χ0n) is 10.3. The van der Waals surface area contributed by atoms with E-state index in [0.717, 1.165) is 12.3 Å². The van der Waals surface area contributed by atoms with E-state index in [-0.39, 0.29) is 0 Å². The van der Waals surface area contributed by atoms with Gasteiger partial charge in [-0.25, -0.2) is 4.79 Å². The average Bonchev–Trinajstić information content (AvgIpc) is 2.64. The summed E-state index contributed by atoms with van der Waals surface area (Å²) in [5, 5.41) is 23.0. The van der Waals surface area contributed by atoms with Crippen molar-refractivity contribution >= 4 is 7.60 Å². The molecule has 1 fully saturated rings. The van der Waals surface area contributed by atoms with Crippen LogP contribution in [0.25, 0.3) is 0 Å². The number of nitrogens with zero attached hydrogens (tertiary/aromatic N) is 2. The van der Waals surface area contributed by atoms with E-state index < -0.39 is 43.4 Å². The second-order valence-corrected chi connectivity index (χ2v) is 5.76. The Hall–Kier alpha value is -1.62. The molecule has 0 aliphatic carbocycles. The van der Waals surface area contributed by atoms with Crippen molar-refractivity contribution in [2.45, 2.75) is 24.5 Å². The number of aliphatic hydroxyl groups is 2. The number of aliphatic hydroxyl groups excluding tert-OH is 2. The van der Waals surface area contributed by atoms with Crippen molar-refractivity contribution in [2.75, 3.05) is 0 Å². The fourth-order valence-corrected chi connectivity index (χ4v) is 2.18. The molecule has 0 saturated carbocycles. The van der Waals surface area contributed by atoms with Crippen molar-refractivity contribution in [2.24, 2.45) is 0 Å². The van der Waals surface area contributed by atoms with Crippen molar-refractivity contribution in [1.82, 2.24) is 14.8 Å². The van der Waals surface area contributed by atoms with Crippen LogP contribution in [-0.2, 0) is 9.30 Å². The van der Waals surface area contributed by atoms with Crippen LogP contribution in [0.15, 0.2) is 27.7 Å². The molecule has 1 aliphatic heterocycles. The molecule has 11 nitrogen and oxygen atoms in total. The first kappa shape index (κ1) is 15.8. The number of aromatic amines is 1. The Kier molecular flexibility index (Phi) is 4.23. The lowest BCUT2D eigenvalue weighted by atomic mass is 10.1. The lowest BCUT2D eigenvalue weighted by Crippen LogP contribution is -2.39. The van der Waals surface area contributed by atoms with Gasteiger partial charge in [0.15, 0.2) is 6.23 Å². The predicted molar refractivity (Wildman–Crippen MR) is 66.2 cm³/mol. The van der Waals surface area contributed by atoms with Crippen LogP contribution in [0.2, 0.25) is 0 Å². The van der Waals surface area contributed by atoms with Gasteiger partial charge in [0.1, 0.15) is 24.5 Å². The summed E-state index contributed by atoms with van der Waals surface area (Å²) in [6.45, 7) is 0. The lowest BCUT2D eigenvalue weighted by molar-refractivity contribution is -0.0385. The van der Waals surface area contributed by atoms with Gasteiger partial charge in [0.25, 0.3) is 5.56 Å². The maximum atomic E-state index is 11.5. The van der Waals surface area contributed by atoms with Crippen molar-refractivity contribution < 1.29 is 29.3 Å². The molecular formula is C9H12N3O8P. The molecule has 0 bridgehead atoms. The maximum Gasteiger partial charge on any atom is 0.348 e. The second kappa shape index (κ2) is 5.64. The van der Waals surface area contributed by atoms with E-state index in [2.05, 4.69) is 5.10 Å². The van der Waals surface area contributed by atoms with Gasteiger partial charge in [0, 0.05) is 5.82 Å². The van der Waals surface area contributed by atoms with Gasteiger partial charge in [-0.2, -0.15) is 9.78 Å². The van der Waals surface area contributed by atoms with E-state index in [1.54, 1.807) is 0 Å². The number of nitrogens with one attached hydrogen (secondary N) is 1. The number of hydrogen-bond acceptors (Lipinski definition) is 7. The molecule has 2 rings (SSSR count). The minimum atomic E-state index is -4.46. The van der Waals surface area contributed by atoms with Crippen molar-refractivity contribution in [3.05, 3.63) is 38.9 Å². The van der Waals surface area contributed by atoms with Crippen molar-refractivity contribution in [3.63, 3.8) is 0 Å². The topological polar surface area (TPSA) is 175 Å². The Morgan fingerprint density at radius 2 is 2.00 bits per heavy atom. The molecule has 1 aromatic rings. The smallest absolute Gasteiger partial charge is 0.348 e. The van der Waals surface area contributed by atoms with E-state index in [1.165, 1.54) is 0 Å². The number of rotatable bonds is 3. The summed E-state index contributed by atoms with van der Waals surface area (Å²) in [6.07, 6.45) is -4.10. The zero-order chi connectivity index (χ0) is 15.8. The van der Waals surface area contributed by atoms with Crippen LogP contribution in [0, 0.1) is 0 Å². The first-order chi connectivity index (χ1) is 9.69. The minimum absolute atomic E-state index is 0.513. The molecule has 1 aliphatic rings. The van der Waals surface area contributed by atoms with Crippen LogP contribution in [0.5, 0.6) is 0 Å². The number of H-pyrrole nitrogens is 1. The van der Waals surface area contributed by atoms with Gasteiger partial charge >= 0.3 is 13.3 Å². The summed E-state index contributed by atoms with van der Waals surface area (Å²) in [5.74, 6) is 0.513. The highest BCUT2D eigenvalue weighted by molar-refractivity contribution is 7.55. The van der Waals surface area contributed by atoms with Gasteiger partial charge in [-0.05, 0) is 6.08 Å². The molecule has 4 atom stereocenters. The Bertz CT molecular complexity index is 705. The van der Waals surface area contributed by atoms with Gasteiger partial charge in [-0.1, -0.05) is 0 Å². The van der Waals surface area contributed by atoms with Crippen LogP contribution in [0.1, 0.15) is 6.23 Å². The molecule has 0 unspecified atom stereocenters. The van der Waals surface area contributed by atoms with Crippen LogP contribution in [0.4, 0.5) is 0 Å². The number of aromatic nitrogens is 3. The number of ether oxygens (including phenoxy) is 1. The zero-order valence-corrected chi connectivity index (χ0v) is 11.2. The van der Waals surface area contributed by atoms with Crippen LogP contribution in [-0.4, -0.2) is 53.1 Å². The predicted octanol–water partition coefficient (Wildman–Crippen LogP) is -2.76. The van der Waals surface area contributed by atoms with Gasteiger partial charge in [-0.3, -0.25) is 14.3 Å². The summed E-state index contributed by atoms with van der Waals surface area (Å²) >= 11 is 0. The van der Waals surface area contributed by atoms with E-state index in [1.807, 2.05) is 4.98 Å². The fraction of sp³-hybridized carbons (Fsp3) is 0.444. The molecule has 0 radical (unpaired) electrons. The van der Waals surface area contributed by atoms with Gasteiger partial charge in [-0.15, -0.1) is 0 Å². The summed E-state index contributed by atoms with van der Waals surface area (Å²) < 4.78 is 16.5. The Morgan fingerprint density at radius 1 is 1.33 bits per heavy atom. The molecule has 116 valence electrons. The van der Waals surface area contributed by atoms with Gasteiger partial charge in [0.05, 0.1) is 0 Å². The van der Waals surface area contributed by atoms with Gasteiger partial charge in [0.2, 0.25) is 0 Å². The molecule has 0 amide bonds. The van der Waals surface area contributed by atoms with Crippen molar-refractivity contribution in [3.8, 4) is 0 Å².